The van der Waals surface area contributed by atoms with Gasteiger partial charge in [0.05, 0.1) is 11.9 Å². The van der Waals surface area contributed by atoms with Crippen molar-refractivity contribution in [2.75, 3.05) is 19.7 Å². The number of aliphatic hydroxyl groups excluding tert-OH is 1. The van der Waals surface area contributed by atoms with E-state index in [0.29, 0.717) is 30.8 Å². The van der Waals surface area contributed by atoms with Crippen LogP contribution in [0.2, 0.25) is 0 Å². The average Bonchev–Trinajstić information content (AvgIpc) is 3.47. The molecule has 4 amide bonds. The molecule has 1 spiro atoms. The summed E-state index contributed by atoms with van der Waals surface area (Å²) in [6.07, 6.45) is 6.43. The smallest absolute Gasteiger partial charge is 0.276 e. The van der Waals surface area contributed by atoms with E-state index in [-0.39, 0.29) is 54.3 Å². The number of nitrogens with zero attached hydrogens (tertiary/aromatic N) is 5. The fourth-order valence-electron chi connectivity index (χ4n) is 6.19. The van der Waals surface area contributed by atoms with Gasteiger partial charge in [0.25, 0.3) is 11.8 Å². The lowest BCUT2D eigenvalue weighted by atomic mass is 9.58. The van der Waals surface area contributed by atoms with E-state index in [1.165, 1.54) is 16.0 Å². The molecule has 36 heavy (non-hydrogen) atoms. The molecule has 11 heteroatoms. The van der Waals surface area contributed by atoms with E-state index in [1.54, 1.807) is 23.2 Å². The molecule has 1 aromatic carbocycles. The summed E-state index contributed by atoms with van der Waals surface area (Å²) in [6.45, 7) is 1.52. The Labute approximate surface area is 207 Å². The van der Waals surface area contributed by atoms with E-state index in [4.69, 9.17) is 0 Å². The topological polar surface area (TPSA) is 138 Å². The normalized spacial score (nSPS) is 25.1. The first kappa shape index (κ1) is 22.8. The number of rotatable bonds is 4. The highest BCUT2D eigenvalue weighted by Crippen LogP contribution is 2.52. The molecule has 2 atom stereocenters. The van der Waals surface area contributed by atoms with Crippen LogP contribution in [0.5, 0.6) is 0 Å². The molecule has 11 nitrogen and oxygen atoms in total. The molecule has 3 aliphatic heterocycles. The largest absolute Gasteiger partial charge is 0.396 e. The first-order valence-electron chi connectivity index (χ1n) is 12.5. The van der Waals surface area contributed by atoms with Crippen molar-refractivity contribution in [3.63, 3.8) is 0 Å². The molecule has 2 saturated heterocycles. The minimum absolute atomic E-state index is 0.0835. The second-order valence-electron chi connectivity index (χ2n) is 10.4. The number of imide groups is 1. The SMILES string of the molecule is O=C1CCC(N2Cc3cc(-n4cc(C(=O)N5CCC6(CCC6)C(CO)C5)nn4)ccc3C2=O)C(=O)N1. The third-order valence-electron chi connectivity index (χ3n) is 8.53. The summed E-state index contributed by atoms with van der Waals surface area (Å²) in [6, 6.07) is 4.56. The fourth-order valence-corrected chi connectivity index (χ4v) is 6.19. The van der Waals surface area contributed by atoms with E-state index < -0.39 is 11.9 Å². The van der Waals surface area contributed by atoms with Crippen LogP contribution < -0.4 is 5.32 Å². The number of fused-ring (bicyclic) bond motifs is 1. The lowest BCUT2D eigenvalue weighted by Crippen LogP contribution is -2.53. The number of amides is 4. The van der Waals surface area contributed by atoms with Crippen LogP contribution in [0.3, 0.4) is 0 Å². The number of aliphatic hydroxyl groups is 1. The third kappa shape index (κ3) is 3.60. The zero-order chi connectivity index (χ0) is 25.0. The Hall–Kier alpha value is -3.60. The van der Waals surface area contributed by atoms with Crippen molar-refractivity contribution in [1.29, 1.82) is 0 Å². The van der Waals surface area contributed by atoms with Crippen molar-refractivity contribution in [3.8, 4) is 5.69 Å². The van der Waals surface area contributed by atoms with Crippen LogP contribution in [0.15, 0.2) is 24.4 Å². The Balaban J connectivity index is 1.17. The van der Waals surface area contributed by atoms with Crippen LogP contribution in [0.25, 0.3) is 5.69 Å². The van der Waals surface area contributed by atoms with Crippen molar-refractivity contribution < 1.29 is 24.3 Å². The summed E-state index contributed by atoms with van der Waals surface area (Å²) in [5.41, 5.74) is 2.33. The van der Waals surface area contributed by atoms with Crippen LogP contribution in [0.4, 0.5) is 0 Å². The summed E-state index contributed by atoms with van der Waals surface area (Å²) in [5, 5.41) is 20.4. The van der Waals surface area contributed by atoms with Gasteiger partial charge in [-0.1, -0.05) is 11.6 Å². The van der Waals surface area contributed by atoms with Gasteiger partial charge in [-0.05, 0) is 54.9 Å². The molecule has 1 aliphatic carbocycles. The molecular weight excluding hydrogens is 464 g/mol. The quantitative estimate of drug-likeness (QED) is 0.598. The van der Waals surface area contributed by atoms with Gasteiger partial charge in [-0.3, -0.25) is 24.5 Å². The van der Waals surface area contributed by atoms with Gasteiger partial charge in [-0.25, -0.2) is 4.68 Å². The molecule has 0 radical (unpaired) electrons. The molecule has 2 aromatic rings. The van der Waals surface area contributed by atoms with E-state index in [1.807, 2.05) is 6.07 Å². The standard InChI is InChI=1S/C25H28N6O5/c32-14-16-12-29(9-8-25(16)6-1-7-25)24(36)19-13-31(28-27-19)17-2-3-18-15(10-17)11-30(23(18)35)20-4-5-21(33)26-22(20)34/h2-3,10,13,16,20,32H,1,4-9,11-12,14H2,(H,26,33,34). The van der Waals surface area contributed by atoms with Gasteiger partial charge < -0.3 is 14.9 Å². The maximum absolute atomic E-state index is 13.1. The van der Waals surface area contributed by atoms with Crippen molar-refractivity contribution in [3.05, 3.63) is 41.2 Å². The zero-order valence-corrected chi connectivity index (χ0v) is 19.9. The predicted molar refractivity (Wildman–Crippen MR) is 125 cm³/mol. The molecule has 4 heterocycles. The number of nitrogens with one attached hydrogen (secondary N) is 1. The molecule has 0 bridgehead atoms. The highest BCUT2D eigenvalue weighted by molar-refractivity contribution is 6.05. The molecule has 2 N–H and O–H groups in total. The maximum atomic E-state index is 13.1. The van der Waals surface area contributed by atoms with Crippen LogP contribution in [0.1, 0.15) is 64.9 Å². The number of hydrogen-bond donors (Lipinski definition) is 2. The summed E-state index contributed by atoms with van der Waals surface area (Å²) < 4.78 is 1.51. The molecule has 1 saturated carbocycles. The monoisotopic (exact) mass is 492 g/mol. The number of benzene rings is 1. The van der Waals surface area contributed by atoms with E-state index in [2.05, 4.69) is 15.6 Å². The van der Waals surface area contributed by atoms with Crippen LogP contribution in [-0.2, 0) is 16.1 Å². The Morgan fingerprint density at radius 1 is 1.19 bits per heavy atom. The van der Waals surface area contributed by atoms with E-state index in [0.717, 1.165) is 24.8 Å². The molecule has 3 fully saturated rings. The number of carbonyl (C=O) groups is 4. The van der Waals surface area contributed by atoms with Crippen molar-refractivity contribution in [2.24, 2.45) is 11.3 Å². The molecule has 4 aliphatic rings. The first-order chi connectivity index (χ1) is 17.4. The highest BCUT2D eigenvalue weighted by Gasteiger charge is 2.47. The number of hydrogen-bond acceptors (Lipinski definition) is 7. The lowest BCUT2D eigenvalue weighted by Gasteiger charge is -2.52. The van der Waals surface area contributed by atoms with Crippen molar-refractivity contribution >= 4 is 23.6 Å². The van der Waals surface area contributed by atoms with Crippen LogP contribution >= 0.6 is 0 Å². The van der Waals surface area contributed by atoms with Gasteiger partial charge in [0.2, 0.25) is 11.8 Å². The molecule has 188 valence electrons. The number of piperidine rings is 2. The van der Waals surface area contributed by atoms with Crippen molar-refractivity contribution in [2.45, 2.75) is 51.1 Å². The van der Waals surface area contributed by atoms with Gasteiger partial charge in [0.15, 0.2) is 5.69 Å². The van der Waals surface area contributed by atoms with Gasteiger partial charge in [-0.15, -0.1) is 5.10 Å². The Morgan fingerprint density at radius 2 is 2.03 bits per heavy atom. The van der Waals surface area contributed by atoms with Crippen LogP contribution in [-0.4, -0.2) is 79.3 Å². The molecule has 1 aromatic heterocycles. The maximum Gasteiger partial charge on any atom is 0.276 e. The van der Waals surface area contributed by atoms with Crippen LogP contribution in [0, 0.1) is 11.3 Å². The minimum atomic E-state index is -0.673. The van der Waals surface area contributed by atoms with Gasteiger partial charge in [-0.2, -0.15) is 0 Å². The molecule has 2 unspecified atom stereocenters. The third-order valence-corrected chi connectivity index (χ3v) is 8.53. The number of carbonyl (C=O) groups excluding carboxylic acids is 4. The van der Waals surface area contributed by atoms with Crippen molar-refractivity contribution in [1.82, 2.24) is 30.1 Å². The second-order valence-corrected chi connectivity index (χ2v) is 10.4. The average molecular weight is 493 g/mol. The second kappa shape index (κ2) is 8.51. The van der Waals surface area contributed by atoms with Gasteiger partial charge in [0, 0.05) is 44.1 Å². The summed E-state index contributed by atoms with van der Waals surface area (Å²) in [5.74, 6) is -1.11. The molecule has 6 rings (SSSR count). The van der Waals surface area contributed by atoms with Gasteiger partial charge in [0.1, 0.15) is 6.04 Å². The number of aromatic nitrogens is 3. The lowest BCUT2D eigenvalue weighted by molar-refractivity contribution is -0.136. The van der Waals surface area contributed by atoms with Gasteiger partial charge >= 0.3 is 0 Å². The predicted octanol–water partition coefficient (Wildman–Crippen LogP) is 0.653. The Kier molecular flexibility index (Phi) is 5.40. The minimum Gasteiger partial charge on any atom is -0.396 e. The van der Waals surface area contributed by atoms with E-state index >= 15 is 0 Å². The Bertz CT molecular complexity index is 1270. The zero-order valence-electron chi connectivity index (χ0n) is 19.9. The number of likely N-dealkylation sites (tertiary alicyclic amines) is 1. The summed E-state index contributed by atoms with van der Waals surface area (Å²) in [4.78, 5) is 53.1. The fraction of sp³-hybridized carbons (Fsp3) is 0.520. The summed E-state index contributed by atoms with van der Waals surface area (Å²) >= 11 is 0. The Morgan fingerprint density at radius 3 is 2.75 bits per heavy atom. The van der Waals surface area contributed by atoms with E-state index in [9.17, 15) is 24.3 Å². The molecular formula is C25H28N6O5. The first-order valence-corrected chi connectivity index (χ1v) is 12.5. The summed E-state index contributed by atoms with van der Waals surface area (Å²) in [7, 11) is 0. The highest BCUT2D eigenvalue weighted by atomic mass is 16.3.